The summed E-state index contributed by atoms with van der Waals surface area (Å²) in [6.07, 6.45) is 5.99. The number of carbonyl (C=O) groups is 2. The molecular formula is C26H32N2O2S. The van der Waals surface area contributed by atoms with Gasteiger partial charge in [-0.3, -0.25) is 9.59 Å². The summed E-state index contributed by atoms with van der Waals surface area (Å²) < 4.78 is 0. The fourth-order valence-electron chi connectivity index (χ4n) is 4.66. The quantitative estimate of drug-likeness (QED) is 0.667. The van der Waals surface area contributed by atoms with Gasteiger partial charge in [0.15, 0.2) is 0 Å². The lowest BCUT2D eigenvalue weighted by Gasteiger charge is -2.35. The van der Waals surface area contributed by atoms with Crippen molar-refractivity contribution in [3.63, 3.8) is 0 Å². The van der Waals surface area contributed by atoms with E-state index in [1.54, 1.807) is 11.8 Å². The summed E-state index contributed by atoms with van der Waals surface area (Å²) in [6, 6.07) is 13.2. The van der Waals surface area contributed by atoms with E-state index in [1.165, 1.54) is 24.8 Å². The minimum absolute atomic E-state index is 0.0270. The second-order valence-electron chi connectivity index (χ2n) is 9.00. The Morgan fingerprint density at radius 1 is 0.935 bits per heavy atom. The number of nitrogens with one attached hydrogen (secondary N) is 1. The maximum absolute atomic E-state index is 13.6. The van der Waals surface area contributed by atoms with Gasteiger partial charge in [0.2, 0.25) is 5.91 Å². The number of rotatable bonds is 4. The van der Waals surface area contributed by atoms with Gasteiger partial charge in [0.25, 0.3) is 5.91 Å². The molecule has 1 saturated heterocycles. The molecule has 1 saturated carbocycles. The van der Waals surface area contributed by atoms with Crippen molar-refractivity contribution in [1.29, 1.82) is 0 Å². The summed E-state index contributed by atoms with van der Waals surface area (Å²) >= 11 is 1.78. The lowest BCUT2D eigenvalue weighted by atomic mass is 9.88. The highest BCUT2D eigenvalue weighted by Crippen LogP contribution is 2.41. The molecule has 2 aromatic rings. The van der Waals surface area contributed by atoms with Gasteiger partial charge in [0, 0.05) is 17.0 Å². The minimum atomic E-state index is -0.452. The Morgan fingerprint density at radius 2 is 1.65 bits per heavy atom. The lowest BCUT2D eigenvalue weighted by Crippen LogP contribution is -2.49. The fourth-order valence-corrected chi connectivity index (χ4v) is 6.30. The van der Waals surface area contributed by atoms with E-state index in [9.17, 15) is 9.59 Å². The van der Waals surface area contributed by atoms with E-state index in [0.29, 0.717) is 17.2 Å². The highest BCUT2D eigenvalue weighted by molar-refractivity contribution is 8.00. The van der Waals surface area contributed by atoms with Crippen molar-refractivity contribution >= 4 is 29.3 Å². The lowest BCUT2D eigenvalue weighted by molar-refractivity contribution is -0.120. The molecule has 0 bridgehead atoms. The molecule has 1 heterocycles. The Labute approximate surface area is 189 Å². The van der Waals surface area contributed by atoms with E-state index >= 15 is 0 Å². The normalized spacial score (nSPS) is 21.8. The molecule has 1 aliphatic heterocycles. The molecule has 5 heteroatoms. The molecule has 0 aromatic heterocycles. The Kier molecular flexibility index (Phi) is 6.71. The molecular weight excluding hydrogens is 404 g/mol. The Balaban J connectivity index is 1.59. The van der Waals surface area contributed by atoms with Crippen molar-refractivity contribution in [3.05, 3.63) is 64.7 Å². The number of amides is 2. The summed E-state index contributed by atoms with van der Waals surface area (Å²) in [5, 5.41) is 3.15. The predicted octanol–water partition coefficient (Wildman–Crippen LogP) is 5.71. The number of nitrogens with zero attached hydrogens (tertiary/aromatic N) is 1. The number of benzene rings is 2. The molecule has 4 rings (SSSR count). The van der Waals surface area contributed by atoms with Gasteiger partial charge < -0.3 is 10.2 Å². The van der Waals surface area contributed by atoms with E-state index in [-0.39, 0.29) is 17.2 Å². The van der Waals surface area contributed by atoms with Gasteiger partial charge in [0.1, 0.15) is 6.04 Å². The molecule has 2 unspecified atom stereocenters. The van der Waals surface area contributed by atoms with E-state index in [2.05, 4.69) is 12.2 Å². The zero-order valence-electron chi connectivity index (χ0n) is 18.7. The van der Waals surface area contributed by atoms with Crippen LogP contribution in [0.25, 0.3) is 0 Å². The molecule has 4 nitrogen and oxygen atoms in total. The summed E-state index contributed by atoms with van der Waals surface area (Å²) in [6.45, 7) is 6.12. The van der Waals surface area contributed by atoms with Crippen LogP contribution in [0.2, 0.25) is 0 Å². The van der Waals surface area contributed by atoms with Crippen LogP contribution in [0, 0.1) is 26.7 Å². The van der Waals surface area contributed by atoms with E-state index < -0.39 is 6.04 Å². The summed E-state index contributed by atoms with van der Waals surface area (Å²) in [5.74, 6) is 0.998. The monoisotopic (exact) mass is 436 g/mol. The number of carbonyl (C=O) groups excluding carboxylic acids is 2. The van der Waals surface area contributed by atoms with Crippen LogP contribution in [0.15, 0.2) is 42.5 Å². The van der Waals surface area contributed by atoms with E-state index in [0.717, 1.165) is 29.7 Å². The topological polar surface area (TPSA) is 49.4 Å². The summed E-state index contributed by atoms with van der Waals surface area (Å²) in [7, 11) is 0. The number of thioether (sulfide) groups is 1. The van der Waals surface area contributed by atoms with Crippen LogP contribution in [0.3, 0.4) is 0 Å². The van der Waals surface area contributed by atoms with Crippen molar-refractivity contribution in [3.8, 4) is 0 Å². The van der Waals surface area contributed by atoms with Gasteiger partial charge >= 0.3 is 0 Å². The molecule has 2 aromatic carbocycles. The predicted molar refractivity (Wildman–Crippen MR) is 129 cm³/mol. The first kappa shape index (κ1) is 21.9. The fraction of sp³-hybridized carbons (Fsp3) is 0.462. The third-order valence-electron chi connectivity index (χ3n) is 6.70. The van der Waals surface area contributed by atoms with Crippen LogP contribution in [-0.2, 0) is 4.79 Å². The summed E-state index contributed by atoms with van der Waals surface area (Å²) in [5.41, 5.74) is 4.93. The van der Waals surface area contributed by atoms with Crippen molar-refractivity contribution in [1.82, 2.24) is 4.90 Å². The standard InChI is InChI=1S/C26H32N2O2S/c1-17-9-12-20(13-10-17)25(30)28-23(16-31-26(28)21-7-5-4-6-8-21)24(29)27-22-14-11-18(2)19(3)15-22/h9-15,21,23,26H,4-8,16H2,1-3H3,(H,27,29). The van der Waals surface area contributed by atoms with Gasteiger partial charge in [-0.2, -0.15) is 0 Å². The SMILES string of the molecule is Cc1ccc(C(=O)N2C(C(=O)Nc3ccc(C)c(C)c3)CSC2C2CCCCC2)cc1. The first-order valence-corrected chi connectivity index (χ1v) is 12.4. The number of hydrogen-bond donors (Lipinski definition) is 1. The maximum Gasteiger partial charge on any atom is 0.255 e. The molecule has 1 aliphatic carbocycles. The number of anilines is 1. The van der Waals surface area contributed by atoms with Crippen LogP contribution in [-0.4, -0.2) is 33.9 Å². The third kappa shape index (κ3) is 4.82. The van der Waals surface area contributed by atoms with Crippen molar-refractivity contribution in [2.24, 2.45) is 5.92 Å². The maximum atomic E-state index is 13.6. The van der Waals surface area contributed by atoms with Gasteiger partial charge in [-0.1, -0.05) is 43.0 Å². The number of aryl methyl sites for hydroxylation is 3. The zero-order chi connectivity index (χ0) is 22.0. The summed E-state index contributed by atoms with van der Waals surface area (Å²) in [4.78, 5) is 28.8. The van der Waals surface area contributed by atoms with Crippen LogP contribution in [0.4, 0.5) is 5.69 Å². The first-order chi connectivity index (χ1) is 14.9. The molecule has 2 atom stereocenters. The van der Waals surface area contributed by atoms with Gasteiger partial charge in [0.05, 0.1) is 5.37 Å². The van der Waals surface area contributed by atoms with Crippen LogP contribution >= 0.6 is 11.8 Å². The molecule has 0 radical (unpaired) electrons. The first-order valence-electron chi connectivity index (χ1n) is 11.3. The average Bonchev–Trinajstić information content (AvgIpc) is 3.22. The second-order valence-corrected chi connectivity index (χ2v) is 10.2. The molecule has 0 spiro atoms. The Morgan fingerprint density at radius 3 is 2.32 bits per heavy atom. The molecule has 2 aliphatic rings. The molecule has 2 amide bonds. The Hall–Kier alpha value is -2.27. The molecule has 1 N–H and O–H groups in total. The highest BCUT2D eigenvalue weighted by Gasteiger charge is 2.45. The third-order valence-corrected chi connectivity index (χ3v) is 8.16. The van der Waals surface area contributed by atoms with Gasteiger partial charge in [-0.15, -0.1) is 11.8 Å². The molecule has 31 heavy (non-hydrogen) atoms. The molecule has 2 fully saturated rings. The average molecular weight is 437 g/mol. The molecule has 164 valence electrons. The Bertz CT molecular complexity index is 950. The minimum Gasteiger partial charge on any atom is -0.324 e. The van der Waals surface area contributed by atoms with Gasteiger partial charge in [-0.25, -0.2) is 0 Å². The largest absolute Gasteiger partial charge is 0.324 e. The van der Waals surface area contributed by atoms with Crippen molar-refractivity contribution < 1.29 is 9.59 Å². The number of hydrogen-bond acceptors (Lipinski definition) is 3. The highest BCUT2D eigenvalue weighted by atomic mass is 32.2. The second kappa shape index (κ2) is 9.47. The van der Waals surface area contributed by atoms with Crippen molar-refractivity contribution in [2.45, 2.75) is 64.3 Å². The van der Waals surface area contributed by atoms with Crippen LogP contribution < -0.4 is 5.32 Å². The van der Waals surface area contributed by atoms with E-state index in [1.807, 2.05) is 61.2 Å². The van der Waals surface area contributed by atoms with E-state index in [4.69, 9.17) is 0 Å². The van der Waals surface area contributed by atoms with Crippen LogP contribution in [0.5, 0.6) is 0 Å². The van der Waals surface area contributed by atoms with Crippen LogP contribution in [0.1, 0.15) is 59.2 Å². The smallest absolute Gasteiger partial charge is 0.255 e. The zero-order valence-corrected chi connectivity index (χ0v) is 19.5. The van der Waals surface area contributed by atoms with Gasteiger partial charge in [-0.05, 0) is 74.9 Å². The van der Waals surface area contributed by atoms with Crippen molar-refractivity contribution in [2.75, 3.05) is 11.1 Å².